The lowest BCUT2D eigenvalue weighted by atomic mass is 10.2. The molecule has 7 nitrogen and oxygen atoms in total. The van der Waals surface area contributed by atoms with Crippen molar-refractivity contribution < 1.29 is 9.21 Å². The molecule has 3 rings (SSSR count). The number of rotatable bonds is 7. The Bertz CT molecular complexity index is 805. The van der Waals surface area contributed by atoms with E-state index in [-0.39, 0.29) is 29.9 Å². The Morgan fingerprint density at radius 2 is 1.81 bits per heavy atom. The zero-order valence-corrected chi connectivity index (χ0v) is 21.0. The molecular formula is C23H34IN5O2. The van der Waals surface area contributed by atoms with E-state index < -0.39 is 0 Å². The maximum atomic E-state index is 12.5. The second-order valence-corrected chi connectivity index (χ2v) is 7.70. The molecule has 1 N–H and O–H groups in total. The highest BCUT2D eigenvalue weighted by atomic mass is 127. The molecule has 1 fully saturated rings. The maximum Gasteiger partial charge on any atom is 0.289 e. The monoisotopic (exact) mass is 539 g/mol. The van der Waals surface area contributed by atoms with E-state index in [4.69, 9.17) is 9.41 Å². The minimum absolute atomic E-state index is 0. The number of carbonyl (C=O) groups excluding carboxylic acids is 1. The van der Waals surface area contributed by atoms with Crippen LogP contribution in [-0.2, 0) is 6.54 Å². The average molecular weight is 539 g/mol. The van der Waals surface area contributed by atoms with E-state index in [1.165, 1.54) is 11.8 Å². The topological polar surface area (TPSA) is 64.3 Å². The van der Waals surface area contributed by atoms with Crippen molar-refractivity contribution >= 4 is 35.8 Å². The molecule has 0 spiro atoms. The number of likely N-dealkylation sites (N-methyl/N-ethyl adjacent to an activating group) is 1. The van der Waals surface area contributed by atoms with Gasteiger partial charge in [0.2, 0.25) is 0 Å². The van der Waals surface area contributed by atoms with Gasteiger partial charge in [-0.05, 0) is 38.6 Å². The largest absolute Gasteiger partial charge is 0.459 e. The highest BCUT2D eigenvalue weighted by molar-refractivity contribution is 14.0. The number of hydrogen-bond donors (Lipinski definition) is 1. The number of aliphatic imine (C=N–C) groups is 1. The minimum atomic E-state index is -0.0438. The molecule has 1 atom stereocenters. The first kappa shape index (κ1) is 25.2. The molecule has 31 heavy (non-hydrogen) atoms. The van der Waals surface area contributed by atoms with Crippen LogP contribution < -0.4 is 5.32 Å². The Hall–Kier alpha value is -2.07. The molecule has 1 amide bonds. The molecule has 1 aromatic heterocycles. The lowest BCUT2D eigenvalue weighted by Gasteiger charge is -2.36. The van der Waals surface area contributed by atoms with Crippen LogP contribution in [0.5, 0.6) is 0 Å². The van der Waals surface area contributed by atoms with Crippen molar-refractivity contribution in [3.8, 4) is 0 Å². The number of piperazine rings is 1. The van der Waals surface area contributed by atoms with Crippen LogP contribution in [0.4, 0.5) is 0 Å². The first-order valence-corrected chi connectivity index (χ1v) is 10.7. The summed E-state index contributed by atoms with van der Waals surface area (Å²) in [6.07, 6.45) is 1.54. The van der Waals surface area contributed by atoms with E-state index in [2.05, 4.69) is 60.3 Å². The molecule has 0 bridgehead atoms. The number of carbonyl (C=O) groups is 1. The average Bonchev–Trinajstić information content (AvgIpc) is 3.31. The summed E-state index contributed by atoms with van der Waals surface area (Å²) in [7, 11) is 2.14. The summed E-state index contributed by atoms with van der Waals surface area (Å²) in [5.41, 5.74) is 1.31. The van der Waals surface area contributed by atoms with Gasteiger partial charge in [0.25, 0.3) is 5.91 Å². The van der Waals surface area contributed by atoms with Crippen LogP contribution >= 0.6 is 24.0 Å². The summed E-state index contributed by atoms with van der Waals surface area (Å²) in [5, 5.41) is 3.40. The zero-order chi connectivity index (χ0) is 21.3. The van der Waals surface area contributed by atoms with Crippen molar-refractivity contribution in [2.45, 2.75) is 26.4 Å². The number of benzene rings is 1. The van der Waals surface area contributed by atoms with Gasteiger partial charge in [-0.3, -0.25) is 14.7 Å². The van der Waals surface area contributed by atoms with Gasteiger partial charge in [0.15, 0.2) is 11.7 Å². The molecule has 1 aliphatic rings. The van der Waals surface area contributed by atoms with Gasteiger partial charge in [0.05, 0.1) is 12.8 Å². The van der Waals surface area contributed by atoms with Crippen molar-refractivity contribution in [3.05, 3.63) is 60.1 Å². The first-order chi connectivity index (χ1) is 14.6. The van der Waals surface area contributed by atoms with E-state index in [0.717, 1.165) is 38.7 Å². The lowest BCUT2D eigenvalue weighted by Crippen LogP contribution is -2.54. The van der Waals surface area contributed by atoms with E-state index in [0.29, 0.717) is 24.9 Å². The van der Waals surface area contributed by atoms with Crippen molar-refractivity contribution in [1.82, 2.24) is 20.0 Å². The summed E-state index contributed by atoms with van der Waals surface area (Å²) in [6, 6.07) is 14.3. The number of guanidine groups is 1. The molecule has 2 heterocycles. The van der Waals surface area contributed by atoms with Gasteiger partial charge in [-0.15, -0.1) is 24.0 Å². The minimum Gasteiger partial charge on any atom is -0.459 e. The number of furan rings is 1. The van der Waals surface area contributed by atoms with Crippen LogP contribution in [0.15, 0.2) is 58.1 Å². The normalized spacial score (nSPS) is 15.5. The summed E-state index contributed by atoms with van der Waals surface area (Å²) in [6.45, 7) is 9.56. The molecule has 8 heteroatoms. The summed E-state index contributed by atoms with van der Waals surface area (Å²) < 4.78 is 5.25. The van der Waals surface area contributed by atoms with Crippen LogP contribution in [0.3, 0.4) is 0 Å². The number of nitrogens with one attached hydrogen (secondary N) is 1. The fraction of sp³-hybridized carbons (Fsp3) is 0.478. The van der Waals surface area contributed by atoms with Gasteiger partial charge in [-0.1, -0.05) is 30.3 Å². The lowest BCUT2D eigenvalue weighted by molar-refractivity contribution is 0.0657. The Morgan fingerprint density at radius 3 is 2.42 bits per heavy atom. The SMILES string of the molecule is CCNC(=NCC(C)N(C)Cc1ccccc1)N1CCN(C(=O)c2ccco2)CC1.I. The highest BCUT2D eigenvalue weighted by Gasteiger charge is 2.25. The quantitative estimate of drug-likeness (QED) is 0.333. The van der Waals surface area contributed by atoms with Gasteiger partial charge in [-0.25, -0.2) is 0 Å². The van der Waals surface area contributed by atoms with Crippen LogP contribution in [0, 0.1) is 0 Å². The van der Waals surface area contributed by atoms with Gasteiger partial charge in [0, 0.05) is 45.3 Å². The summed E-state index contributed by atoms with van der Waals surface area (Å²) in [4.78, 5) is 23.8. The third kappa shape index (κ3) is 7.24. The standard InChI is InChI=1S/C23H33N5O2.HI/c1-4-24-23(25-17-19(2)26(3)18-20-9-6-5-7-10-20)28-14-12-27(13-15-28)22(29)21-11-8-16-30-21;/h5-11,16,19H,4,12-15,17-18H2,1-3H3,(H,24,25);1H. The second kappa shape index (κ2) is 12.7. The molecular weight excluding hydrogens is 505 g/mol. The van der Waals surface area contributed by atoms with Crippen molar-refractivity contribution in [2.24, 2.45) is 4.99 Å². The Balaban J connectivity index is 0.00000341. The Labute approximate surface area is 202 Å². The molecule has 1 unspecified atom stereocenters. The van der Waals surface area contributed by atoms with E-state index in [1.807, 2.05) is 11.0 Å². The van der Waals surface area contributed by atoms with Crippen molar-refractivity contribution in [3.63, 3.8) is 0 Å². The van der Waals surface area contributed by atoms with E-state index in [1.54, 1.807) is 12.1 Å². The number of hydrogen-bond acceptors (Lipinski definition) is 4. The maximum absolute atomic E-state index is 12.5. The Morgan fingerprint density at radius 1 is 1.13 bits per heavy atom. The smallest absolute Gasteiger partial charge is 0.289 e. The molecule has 1 aliphatic heterocycles. The van der Waals surface area contributed by atoms with Crippen LogP contribution in [0.2, 0.25) is 0 Å². The third-order valence-electron chi connectivity index (χ3n) is 5.47. The molecule has 2 aromatic rings. The molecule has 0 radical (unpaired) electrons. The Kier molecular flexibility index (Phi) is 10.3. The zero-order valence-electron chi connectivity index (χ0n) is 18.7. The number of amides is 1. The van der Waals surface area contributed by atoms with Crippen LogP contribution in [0.25, 0.3) is 0 Å². The van der Waals surface area contributed by atoms with Gasteiger partial charge in [-0.2, -0.15) is 0 Å². The van der Waals surface area contributed by atoms with Gasteiger partial charge < -0.3 is 19.5 Å². The summed E-state index contributed by atoms with van der Waals surface area (Å²) >= 11 is 0. The van der Waals surface area contributed by atoms with Gasteiger partial charge >= 0.3 is 0 Å². The molecule has 1 aromatic carbocycles. The van der Waals surface area contributed by atoms with Crippen molar-refractivity contribution in [2.75, 3.05) is 46.3 Å². The van der Waals surface area contributed by atoms with Gasteiger partial charge in [0.1, 0.15) is 0 Å². The van der Waals surface area contributed by atoms with E-state index >= 15 is 0 Å². The number of nitrogens with zero attached hydrogens (tertiary/aromatic N) is 4. The molecule has 170 valence electrons. The van der Waals surface area contributed by atoms with Crippen molar-refractivity contribution in [1.29, 1.82) is 0 Å². The highest BCUT2D eigenvalue weighted by Crippen LogP contribution is 2.10. The molecule has 0 saturated carbocycles. The van der Waals surface area contributed by atoms with E-state index in [9.17, 15) is 4.79 Å². The second-order valence-electron chi connectivity index (χ2n) is 7.70. The fourth-order valence-corrected chi connectivity index (χ4v) is 3.49. The summed E-state index contributed by atoms with van der Waals surface area (Å²) in [5.74, 6) is 1.28. The fourth-order valence-electron chi connectivity index (χ4n) is 3.49. The predicted molar refractivity (Wildman–Crippen MR) is 135 cm³/mol. The molecule has 1 saturated heterocycles. The third-order valence-corrected chi connectivity index (χ3v) is 5.47. The predicted octanol–water partition coefficient (Wildman–Crippen LogP) is 3.14. The molecule has 0 aliphatic carbocycles. The number of halogens is 1. The first-order valence-electron chi connectivity index (χ1n) is 10.7. The van der Waals surface area contributed by atoms with Crippen LogP contribution in [-0.4, -0.2) is 78.9 Å². The van der Waals surface area contributed by atoms with Crippen LogP contribution in [0.1, 0.15) is 30.0 Å².